The molecule has 0 radical (unpaired) electrons. The van der Waals surface area contributed by atoms with Crippen molar-refractivity contribution in [2.24, 2.45) is 0 Å². The van der Waals surface area contributed by atoms with Gasteiger partial charge >= 0.3 is 0 Å². The number of benzene rings is 1. The molecule has 2 heterocycles. The van der Waals surface area contributed by atoms with Gasteiger partial charge in [0.05, 0.1) is 6.04 Å². The molecule has 1 atom stereocenters. The van der Waals surface area contributed by atoms with E-state index in [1.165, 1.54) is 5.56 Å². The highest BCUT2D eigenvalue weighted by Gasteiger charge is 2.21. The van der Waals surface area contributed by atoms with Crippen molar-refractivity contribution in [2.45, 2.75) is 65.3 Å². The van der Waals surface area contributed by atoms with E-state index in [-0.39, 0.29) is 17.4 Å². The first kappa shape index (κ1) is 20.8. The highest BCUT2D eigenvalue weighted by atomic mass is 16.5. The van der Waals surface area contributed by atoms with Gasteiger partial charge in [-0.15, -0.1) is 0 Å². The molecule has 0 aliphatic carbocycles. The smallest absolute Gasteiger partial charge is 0.226 e. The fourth-order valence-electron chi connectivity index (χ4n) is 2.94. The molecule has 3 rings (SSSR count). The Morgan fingerprint density at radius 2 is 1.97 bits per heavy atom. The molecule has 0 saturated heterocycles. The molecule has 0 fully saturated rings. The van der Waals surface area contributed by atoms with Crippen molar-refractivity contribution in [1.82, 2.24) is 19.9 Å². The van der Waals surface area contributed by atoms with E-state index >= 15 is 0 Å². The summed E-state index contributed by atoms with van der Waals surface area (Å²) in [5, 5.41) is 11.5. The van der Waals surface area contributed by atoms with Crippen LogP contribution in [0.5, 0.6) is 0 Å². The molecule has 0 unspecified atom stereocenters. The van der Waals surface area contributed by atoms with E-state index in [0.717, 1.165) is 5.56 Å². The molecule has 3 aromatic rings. The third kappa shape index (κ3) is 5.31. The monoisotopic (exact) mass is 395 g/mol. The van der Waals surface area contributed by atoms with Crippen molar-refractivity contribution in [3.63, 3.8) is 0 Å². The van der Waals surface area contributed by atoms with Crippen LogP contribution in [0.25, 0.3) is 0 Å². The molecule has 0 aliphatic rings. The maximum atomic E-state index is 12.3. The Bertz CT molecular complexity index is 953. The first-order chi connectivity index (χ1) is 13.7. The lowest BCUT2D eigenvalue weighted by Gasteiger charge is -2.12. The van der Waals surface area contributed by atoms with Gasteiger partial charge in [-0.1, -0.05) is 56.3 Å². The van der Waals surface area contributed by atoms with E-state index in [0.29, 0.717) is 36.8 Å². The SMILES string of the molecule is Cc1cn([C@@H](C)c2ccccc2)nc1NC(=O)CCCc1nc(C(C)(C)C)no1. The molecule has 1 amide bonds. The summed E-state index contributed by atoms with van der Waals surface area (Å²) < 4.78 is 7.16. The molecular weight excluding hydrogens is 366 g/mol. The van der Waals surface area contributed by atoms with Gasteiger partial charge in [0.1, 0.15) is 0 Å². The lowest BCUT2D eigenvalue weighted by molar-refractivity contribution is -0.116. The van der Waals surface area contributed by atoms with Crippen LogP contribution in [0.1, 0.15) is 69.4 Å². The van der Waals surface area contributed by atoms with E-state index in [1.807, 2.05) is 56.8 Å². The van der Waals surface area contributed by atoms with Gasteiger partial charge in [0.25, 0.3) is 0 Å². The summed E-state index contributed by atoms with van der Waals surface area (Å²) in [6.45, 7) is 10.1. The normalized spacial score (nSPS) is 12.7. The van der Waals surface area contributed by atoms with Crippen molar-refractivity contribution in [3.8, 4) is 0 Å². The topological polar surface area (TPSA) is 85.8 Å². The zero-order chi connectivity index (χ0) is 21.0. The number of nitrogens with one attached hydrogen (secondary N) is 1. The predicted octanol–water partition coefficient (Wildman–Crippen LogP) is 4.44. The largest absolute Gasteiger partial charge is 0.339 e. The standard InChI is InChI=1S/C22H29N5O2/c1-15-14-27(16(2)17-10-7-6-8-11-17)25-20(15)23-18(28)12-9-13-19-24-21(26-29-19)22(3,4)5/h6-8,10-11,14,16H,9,12-13H2,1-5H3,(H,23,25,28)/t16-/m0/s1. The molecule has 7 heteroatoms. The Morgan fingerprint density at radius 1 is 1.24 bits per heavy atom. The molecule has 0 aliphatic heterocycles. The van der Waals surface area contributed by atoms with Crippen LogP contribution in [0.15, 0.2) is 41.1 Å². The third-order valence-electron chi connectivity index (χ3n) is 4.78. The van der Waals surface area contributed by atoms with E-state index < -0.39 is 0 Å². The maximum absolute atomic E-state index is 12.3. The number of carbonyl (C=O) groups excluding carboxylic acids is 1. The number of aryl methyl sites for hydroxylation is 2. The number of amides is 1. The number of anilines is 1. The average Bonchev–Trinajstić information content (AvgIpc) is 3.29. The molecular formula is C22H29N5O2. The second-order valence-corrected chi connectivity index (χ2v) is 8.39. The van der Waals surface area contributed by atoms with Crippen LogP contribution in [0.2, 0.25) is 0 Å². The Kier molecular flexibility index (Phi) is 6.15. The number of hydrogen-bond acceptors (Lipinski definition) is 5. The minimum atomic E-state index is -0.146. The molecule has 1 N–H and O–H groups in total. The van der Waals surface area contributed by atoms with Gasteiger partial charge in [0.2, 0.25) is 11.8 Å². The van der Waals surface area contributed by atoms with Crippen LogP contribution in [-0.4, -0.2) is 25.8 Å². The zero-order valence-electron chi connectivity index (χ0n) is 17.8. The number of hydrogen-bond donors (Lipinski definition) is 1. The summed E-state index contributed by atoms with van der Waals surface area (Å²) in [6, 6.07) is 10.3. The Hall–Kier alpha value is -2.96. The van der Waals surface area contributed by atoms with Crippen molar-refractivity contribution >= 4 is 11.7 Å². The average molecular weight is 396 g/mol. The van der Waals surface area contributed by atoms with Gasteiger partial charge in [0, 0.05) is 30.0 Å². The highest BCUT2D eigenvalue weighted by molar-refractivity contribution is 5.90. The van der Waals surface area contributed by atoms with E-state index in [4.69, 9.17) is 4.52 Å². The van der Waals surface area contributed by atoms with Crippen molar-refractivity contribution in [1.29, 1.82) is 0 Å². The first-order valence-electron chi connectivity index (χ1n) is 9.97. The Balaban J connectivity index is 1.53. The molecule has 29 heavy (non-hydrogen) atoms. The number of carbonyl (C=O) groups is 1. The quantitative estimate of drug-likeness (QED) is 0.639. The number of aromatic nitrogens is 4. The summed E-state index contributed by atoms with van der Waals surface area (Å²) >= 11 is 0. The minimum absolute atomic E-state index is 0.0683. The van der Waals surface area contributed by atoms with Crippen LogP contribution in [0.3, 0.4) is 0 Å². The molecule has 0 bridgehead atoms. The lowest BCUT2D eigenvalue weighted by Crippen LogP contribution is -2.14. The summed E-state index contributed by atoms with van der Waals surface area (Å²) in [6.07, 6.45) is 3.54. The summed E-state index contributed by atoms with van der Waals surface area (Å²) in [5.74, 6) is 1.79. The van der Waals surface area contributed by atoms with Gasteiger partial charge in [-0.2, -0.15) is 10.1 Å². The fraction of sp³-hybridized carbons (Fsp3) is 0.455. The van der Waals surface area contributed by atoms with E-state index in [1.54, 1.807) is 0 Å². The summed E-state index contributed by atoms with van der Waals surface area (Å²) in [4.78, 5) is 16.7. The van der Waals surface area contributed by atoms with Gasteiger partial charge in [-0.3, -0.25) is 9.48 Å². The van der Waals surface area contributed by atoms with E-state index in [9.17, 15) is 4.79 Å². The van der Waals surface area contributed by atoms with Crippen molar-refractivity contribution in [3.05, 3.63) is 59.4 Å². The van der Waals surface area contributed by atoms with Gasteiger partial charge < -0.3 is 9.84 Å². The molecule has 2 aromatic heterocycles. The first-order valence-corrected chi connectivity index (χ1v) is 9.97. The number of nitrogens with zero attached hydrogens (tertiary/aromatic N) is 4. The van der Waals surface area contributed by atoms with Crippen LogP contribution >= 0.6 is 0 Å². The number of rotatable bonds is 7. The molecule has 0 spiro atoms. The molecule has 1 aromatic carbocycles. The summed E-state index contributed by atoms with van der Waals surface area (Å²) in [5.41, 5.74) is 1.96. The molecule has 7 nitrogen and oxygen atoms in total. The van der Waals surface area contributed by atoms with Gasteiger partial charge in [0.15, 0.2) is 11.6 Å². The van der Waals surface area contributed by atoms with Gasteiger partial charge in [-0.05, 0) is 25.8 Å². The third-order valence-corrected chi connectivity index (χ3v) is 4.78. The van der Waals surface area contributed by atoms with Crippen LogP contribution in [0.4, 0.5) is 5.82 Å². The Morgan fingerprint density at radius 3 is 2.62 bits per heavy atom. The lowest BCUT2D eigenvalue weighted by atomic mass is 9.96. The Labute approximate surface area is 171 Å². The van der Waals surface area contributed by atoms with Crippen LogP contribution < -0.4 is 5.32 Å². The van der Waals surface area contributed by atoms with Gasteiger partial charge in [-0.25, -0.2) is 0 Å². The van der Waals surface area contributed by atoms with E-state index in [2.05, 4.69) is 39.6 Å². The molecule has 154 valence electrons. The van der Waals surface area contributed by atoms with Crippen molar-refractivity contribution < 1.29 is 9.32 Å². The second-order valence-electron chi connectivity index (χ2n) is 8.39. The van der Waals surface area contributed by atoms with Crippen LogP contribution in [0, 0.1) is 6.92 Å². The summed E-state index contributed by atoms with van der Waals surface area (Å²) in [7, 11) is 0. The highest BCUT2D eigenvalue weighted by Crippen LogP contribution is 2.21. The fourth-order valence-corrected chi connectivity index (χ4v) is 2.94. The van der Waals surface area contributed by atoms with Crippen molar-refractivity contribution in [2.75, 3.05) is 5.32 Å². The zero-order valence-corrected chi connectivity index (χ0v) is 17.8. The second kappa shape index (κ2) is 8.59. The maximum Gasteiger partial charge on any atom is 0.226 e. The predicted molar refractivity (Wildman–Crippen MR) is 112 cm³/mol. The van der Waals surface area contributed by atoms with Crippen LogP contribution in [-0.2, 0) is 16.6 Å². The minimum Gasteiger partial charge on any atom is -0.339 e. The molecule has 0 saturated carbocycles.